The van der Waals surface area contributed by atoms with E-state index in [-0.39, 0.29) is 18.1 Å². The number of hydrogen-bond donors (Lipinski definition) is 1. The number of hydrogen-bond acceptors (Lipinski definition) is 4. The quantitative estimate of drug-likeness (QED) is 0.669. The second-order valence-electron chi connectivity index (χ2n) is 5.92. The Morgan fingerprint density at radius 2 is 2.21 bits per heavy atom. The smallest absolute Gasteiger partial charge is 0.338 e. The van der Waals surface area contributed by atoms with Crippen LogP contribution in [-0.2, 0) is 9.47 Å². The first-order chi connectivity index (χ1) is 8.85. The van der Waals surface area contributed by atoms with E-state index in [1.54, 1.807) is 12.1 Å². The molecule has 1 saturated heterocycles. The minimum absolute atomic E-state index is 0.102. The first-order valence-electron chi connectivity index (χ1n) is 6.55. The Labute approximate surface area is 113 Å². The molecule has 0 aliphatic carbocycles. The maximum absolute atomic E-state index is 12.0. The lowest BCUT2D eigenvalue weighted by atomic mass is 10.0. The second-order valence-corrected chi connectivity index (χ2v) is 5.92. The van der Waals surface area contributed by atoms with Crippen LogP contribution < -0.4 is 5.73 Å². The third-order valence-corrected chi connectivity index (χ3v) is 2.87. The number of esters is 1. The Morgan fingerprint density at radius 1 is 1.53 bits per heavy atom. The summed E-state index contributed by atoms with van der Waals surface area (Å²) in [5, 5.41) is 0. The van der Waals surface area contributed by atoms with Crippen LogP contribution in [0.2, 0.25) is 0 Å². The highest BCUT2D eigenvalue weighted by Crippen LogP contribution is 2.24. The van der Waals surface area contributed by atoms with Crippen LogP contribution in [0.1, 0.15) is 49.2 Å². The van der Waals surface area contributed by atoms with Crippen molar-refractivity contribution in [1.82, 2.24) is 0 Å². The van der Waals surface area contributed by atoms with Crippen molar-refractivity contribution in [3.8, 4) is 0 Å². The Balaban J connectivity index is 2.07. The lowest BCUT2D eigenvalue weighted by molar-refractivity contribution is 0.00694. The molecule has 2 unspecified atom stereocenters. The molecule has 0 aromatic heterocycles. The first-order valence-corrected chi connectivity index (χ1v) is 6.55. The van der Waals surface area contributed by atoms with Gasteiger partial charge in [0.15, 0.2) is 0 Å². The van der Waals surface area contributed by atoms with Crippen LogP contribution in [0.4, 0.5) is 0 Å². The fourth-order valence-electron chi connectivity index (χ4n) is 1.86. The van der Waals surface area contributed by atoms with Crippen LogP contribution in [0, 0.1) is 0 Å². The molecule has 0 bridgehead atoms. The van der Waals surface area contributed by atoms with Gasteiger partial charge in [0.1, 0.15) is 5.60 Å². The van der Waals surface area contributed by atoms with Crippen molar-refractivity contribution in [1.29, 1.82) is 0 Å². The molecule has 0 saturated carbocycles. The van der Waals surface area contributed by atoms with E-state index in [0.29, 0.717) is 5.56 Å². The zero-order valence-corrected chi connectivity index (χ0v) is 11.7. The molecule has 1 heterocycles. The molecule has 2 rings (SSSR count). The minimum atomic E-state index is -0.489. The van der Waals surface area contributed by atoms with Gasteiger partial charge in [0.25, 0.3) is 0 Å². The van der Waals surface area contributed by atoms with Gasteiger partial charge in [0.05, 0.1) is 18.3 Å². The number of nitrogens with two attached hydrogens (primary N) is 1. The van der Waals surface area contributed by atoms with E-state index in [4.69, 9.17) is 15.2 Å². The number of epoxide rings is 1. The van der Waals surface area contributed by atoms with Crippen molar-refractivity contribution in [2.45, 2.75) is 44.9 Å². The fourth-order valence-corrected chi connectivity index (χ4v) is 1.86. The van der Waals surface area contributed by atoms with E-state index in [2.05, 4.69) is 0 Å². The Bertz CT molecular complexity index is 461. The molecule has 1 fully saturated rings. The van der Waals surface area contributed by atoms with Crippen LogP contribution in [0.5, 0.6) is 0 Å². The van der Waals surface area contributed by atoms with E-state index in [1.807, 2.05) is 32.9 Å². The number of carbonyl (C=O) groups is 1. The molecule has 104 valence electrons. The highest BCUT2D eigenvalue weighted by atomic mass is 16.6. The zero-order valence-electron chi connectivity index (χ0n) is 11.7. The maximum atomic E-state index is 12.0. The van der Waals surface area contributed by atoms with Crippen molar-refractivity contribution >= 4 is 5.97 Å². The lowest BCUT2D eigenvalue weighted by Gasteiger charge is -2.20. The van der Waals surface area contributed by atoms with Crippen LogP contribution in [0.15, 0.2) is 24.3 Å². The normalized spacial score (nSPS) is 19.9. The van der Waals surface area contributed by atoms with Crippen molar-refractivity contribution in [3.05, 3.63) is 35.4 Å². The van der Waals surface area contributed by atoms with E-state index in [1.165, 1.54) is 0 Å². The molecule has 4 nitrogen and oxygen atoms in total. The summed E-state index contributed by atoms with van der Waals surface area (Å²) in [5.41, 5.74) is 7.10. The van der Waals surface area contributed by atoms with Gasteiger partial charge in [0.2, 0.25) is 0 Å². The standard InChI is InChI=1S/C15H21NO3/c1-15(2,3)19-14(17)11-6-4-5-10(7-11)13(16)8-12-9-18-12/h4-7,12-13H,8-9,16H2,1-3H3. The fraction of sp³-hybridized carbons (Fsp3) is 0.533. The summed E-state index contributed by atoms with van der Waals surface area (Å²) in [5.74, 6) is -0.316. The van der Waals surface area contributed by atoms with Gasteiger partial charge in [0, 0.05) is 6.04 Å². The first kappa shape index (κ1) is 14.0. The molecule has 19 heavy (non-hydrogen) atoms. The largest absolute Gasteiger partial charge is 0.456 e. The molecule has 1 aliphatic heterocycles. The average Bonchev–Trinajstić information content (AvgIpc) is 3.11. The highest BCUT2D eigenvalue weighted by molar-refractivity contribution is 5.89. The molecule has 1 aliphatic rings. The number of carbonyl (C=O) groups excluding carboxylic acids is 1. The van der Waals surface area contributed by atoms with Gasteiger partial charge < -0.3 is 15.2 Å². The summed E-state index contributed by atoms with van der Waals surface area (Å²) < 4.78 is 10.5. The van der Waals surface area contributed by atoms with Gasteiger partial charge in [-0.1, -0.05) is 12.1 Å². The zero-order chi connectivity index (χ0) is 14.0. The van der Waals surface area contributed by atoms with Gasteiger partial charge >= 0.3 is 5.97 Å². The number of ether oxygens (including phenoxy) is 2. The highest BCUT2D eigenvalue weighted by Gasteiger charge is 2.26. The van der Waals surface area contributed by atoms with Crippen molar-refractivity contribution in [3.63, 3.8) is 0 Å². The molecular formula is C15H21NO3. The summed E-state index contributed by atoms with van der Waals surface area (Å²) in [6, 6.07) is 7.22. The Kier molecular flexibility index (Phi) is 3.92. The summed E-state index contributed by atoms with van der Waals surface area (Å²) in [6.07, 6.45) is 1.07. The van der Waals surface area contributed by atoms with Crippen LogP contribution in [0.25, 0.3) is 0 Å². The topological polar surface area (TPSA) is 64.8 Å². The third kappa shape index (κ3) is 4.33. The summed E-state index contributed by atoms with van der Waals surface area (Å²) in [7, 11) is 0. The minimum Gasteiger partial charge on any atom is -0.456 e. The lowest BCUT2D eigenvalue weighted by Crippen LogP contribution is -2.24. The molecule has 0 spiro atoms. The van der Waals surface area contributed by atoms with Gasteiger partial charge in [-0.3, -0.25) is 0 Å². The van der Waals surface area contributed by atoms with Crippen molar-refractivity contribution < 1.29 is 14.3 Å². The molecule has 2 atom stereocenters. The van der Waals surface area contributed by atoms with Gasteiger partial charge in [-0.15, -0.1) is 0 Å². The molecular weight excluding hydrogens is 242 g/mol. The summed E-state index contributed by atoms with van der Waals surface area (Å²) >= 11 is 0. The molecule has 0 amide bonds. The van der Waals surface area contributed by atoms with E-state index in [9.17, 15) is 4.79 Å². The predicted octanol–water partition coefficient (Wildman–Crippen LogP) is 2.43. The molecule has 2 N–H and O–H groups in total. The number of rotatable bonds is 4. The van der Waals surface area contributed by atoms with Crippen molar-refractivity contribution in [2.24, 2.45) is 5.73 Å². The Hall–Kier alpha value is -1.39. The predicted molar refractivity (Wildman–Crippen MR) is 72.9 cm³/mol. The summed E-state index contributed by atoms with van der Waals surface area (Å²) in [6.45, 7) is 6.35. The molecule has 1 aromatic rings. The number of benzene rings is 1. The molecule has 1 aromatic carbocycles. The van der Waals surface area contributed by atoms with Crippen LogP contribution in [0.3, 0.4) is 0 Å². The van der Waals surface area contributed by atoms with Crippen LogP contribution in [-0.4, -0.2) is 24.3 Å². The van der Waals surface area contributed by atoms with E-state index in [0.717, 1.165) is 18.6 Å². The average molecular weight is 263 g/mol. The third-order valence-electron chi connectivity index (χ3n) is 2.87. The van der Waals surface area contributed by atoms with E-state index < -0.39 is 5.60 Å². The van der Waals surface area contributed by atoms with Gasteiger partial charge in [-0.2, -0.15) is 0 Å². The SMILES string of the molecule is CC(C)(C)OC(=O)c1cccc(C(N)CC2CO2)c1. The molecule has 4 heteroatoms. The monoisotopic (exact) mass is 263 g/mol. The maximum Gasteiger partial charge on any atom is 0.338 e. The summed E-state index contributed by atoms with van der Waals surface area (Å²) in [4.78, 5) is 12.0. The Morgan fingerprint density at radius 3 is 2.79 bits per heavy atom. The van der Waals surface area contributed by atoms with E-state index >= 15 is 0 Å². The van der Waals surface area contributed by atoms with Gasteiger partial charge in [-0.25, -0.2) is 4.79 Å². The second kappa shape index (κ2) is 5.31. The van der Waals surface area contributed by atoms with Gasteiger partial charge in [-0.05, 0) is 44.9 Å². The van der Waals surface area contributed by atoms with Crippen LogP contribution >= 0.6 is 0 Å². The molecule has 0 radical (unpaired) electrons. The van der Waals surface area contributed by atoms with Crippen molar-refractivity contribution in [2.75, 3.05) is 6.61 Å².